The summed E-state index contributed by atoms with van der Waals surface area (Å²) in [5.41, 5.74) is 1.49. The summed E-state index contributed by atoms with van der Waals surface area (Å²) >= 11 is 0. The smallest absolute Gasteiger partial charge is 0.261 e. The Morgan fingerprint density at radius 2 is 1.68 bits per heavy atom. The molecular weight excluding hydrogens is 380 g/mol. The molecule has 1 aliphatic rings. The van der Waals surface area contributed by atoms with Crippen LogP contribution in [0.25, 0.3) is 0 Å². The number of nitrogens with one attached hydrogen (secondary N) is 1. The minimum Gasteiger partial charge on any atom is -0.495 e. The van der Waals surface area contributed by atoms with Crippen molar-refractivity contribution in [3.8, 4) is 5.75 Å². The summed E-state index contributed by atoms with van der Waals surface area (Å²) in [5, 5.41) is 0. The van der Waals surface area contributed by atoms with Crippen LogP contribution >= 0.6 is 0 Å². The Labute approximate surface area is 164 Å². The van der Waals surface area contributed by atoms with Crippen molar-refractivity contribution in [1.29, 1.82) is 0 Å². The minimum absolute atomic E-state index is 0.0608. The van der Waals surface area contributed by atoms with Gasteiger partial charge in [0.25, 0.3) is 10.0 Å². The van der Waals surface area contributed by atoms with Crippen molar-refractivity contribution in [2.75, 3.05) is 16.7 Å². The predicted octanol–water partition coefficient (Wildman–Crippen LogP) is 3.27. The van der Waals surface area contributed by atoms with Gasteiger partial charge in [0.05, 0.1) is 23.4 Å². The van der Waals surface area contributed by atoms with Gasteiger partial charge in [0, 0.05) is 12.8 Å². The molecule has 8 heteroatoms. The number of ether oxygens (including phenoxy) is 1. The van der Waals surface area contributed by atoms with Gasteiger partial charge in [0.2, 0.25) is 11.8 Å². The first-order chi connectivity index (χ1) is 13.2. The van der Waals surface area contributed by atoms with Gasteiger partial charge < -0.3 is 4.74 Å². The highest BCUT2D eigenvalue weighted by Gasteiger charge is 2.33. The molecule has 28 heavy (non-hydrogen) atoms. The molecule has 1 heterocycles. The van der Waals surface area contributed by atoms with Crippen LogP contribution < -0.4 is 14.4 Å². The van der Waals surface area contributed by atoms with E-state index in [2.05, 4.69) is 4.72 Å². The fraction of sp³-hybridized carbons (Fsp3) is 0.300. The van der Waals surface area contributed by atoms with E-state index in [1.165, 1.54) is 25.3 Å². The second-order valence-corrected chi connectivity index (χ2v) is 8.49. The van der Waals surface area contributed by atoms with E-state index in [1.807, 2.05) is 26.0 Å². The Balaban J connectivity index is 2.03. The van der Waals surface area contributed by atoms with E-state index in [9.17, 15) is 18.0 Å². The molecule has 2 aromatic carbocycles. The topological polar surface area (TPSA) is 92.8 Å². The molecule has 3 rings (SSSR count). The van der Waals surface area contributed by atoms with E-state index < -0.39 is 10.0 Å². The number of hydrogen-bond donors (Lipinski definition) is 1. The zero-order valence-electron chi connectivity index (χ0n) is 15.9. The molecule has 0 spiro atoms. The first-order valence-electron chi connectivity index (χ1n) is 8.90. The normalized spacial score (nSPS) is 14.6. The van der Waals surface area contributed by atoms with E-state index >= 15 is 0 Å². The molecule has 7 nitrogen and oxygen atoms in total. The molecule has 0 unspecified atom stereocenters. The average Bonchev–Trinajstić information content (AvgIpc) is 2.99. The maximum absolute atomic E-state index is 13.0. The summed E-state index contributed by atoms with van der Waals surface area (Å²) in [6, 6.07) is 11.3. The van der Waals surface area contributed by atoms with Crippen molar-refractivity contribution in [2.24, 2.45) is 0 Å². The van der Waals surface area contributed by atoms with Crippen LogP contribution in [0.3, 0.4) is 0 Å². The van der Waals surface area contributed by atoms with Gasteiger partial charge in [-0.3, -0.25) is 14.3 Å². The molecule has 148 valence electrons. The summed E-state index contributed by atoms with van der Waals surface area (Å²) < 4.78 is 33.8. The van der Waals surface area contributed by atoms with Crippen molar-refractivity contribution in [3.05, 3.63) is 48.0 Å². The van der Waals surface area contributed by atoms with Crippen molar-refractivity contribution in [2.45, 2.75) is 37.5 Å². The number of methoxy groups -OCH3 is 1. The van der Waals surface area contributed by atoms with Crippen LogP contribution in [0.5, 0.6) is 5.75 Å². The number of sulfonamides is 1. The first-order valence-corrected chi connectivity index (χ1v) is 10.4. The lowest BCUT2D eigenvalue weighted by Gasteiger charge is -2.19. The molecule has 0 bridgehead atoms. The van der Waals surface area contributed by atoms with Gasteiger partial charge in [-0.05, 0) is 35.7 Å². The van der Waals surface area contributed by atoms with Gasteiger partial charge in [-0.25, -0.2) is 13.3 Å². The molecular formula is C20H22N2O5S. The summed E-state index contributed by atoms with van der Waals surface area (Å²) in [7, 11) is -2.54. The molecule has 0 saturated carbocycles. The number of carbonyl (C=O) groups is 2. The fourth-order valence-electron chi connectivity index (χ4n) is 3.15. The van der Waals surface area contributed by atoms with Crippen molar-refractivity contribution in [1.82, 2.24) is 0 Å². The number of hydrogen-bond acceptors (Lipinski definition) is 5. The van der Waals surface area contributed by atoms with Crippen molar-refractivity contribution >= 4 is 33.2 Å². The zero-order chi connectivity index (χ0) is 20.5. The van der Waals surface area contributed by atoms with Crippen LogP contribution in [0, 0.1) is 0 Å². The Morgan fingerprint density at radius 3 is 2.29 bits per heavy atom. The van der Waals surface area contributed by atoms with Crippen LogP contribution in [-0.2, 0) is 19.6 Å². The van der Waals surface area contributed by atoms with E-state index in [0.717, 1.165) is 10.5 Å². The van der Waals surface area contributed by atoms with Gasteiger partial charge in [-0.15, -0.1) is 0 Å². The van der Waals surface area contributed by atoms with Crippen LogP contribution in [0.4, 0.5) is 11.4 Å². The van der Waals surface area contributed by atoms with Crippen LogP contribution in [0.2, 0.25) is 0 Å². The van der Waals surface area contributed by atoms with E-state index in [0.29, 0.717) is 5.69 Å². The predicted molar refractivity (Wildman–Crippen MR) is 106 cm³/mol. The highest BCUT2D eigenvalue weighted by Crippen LogP contribution is 2.35. The maximum atomic E-state index is 13.0. The number of rotatable bonds is 6. The largest absolute Gasteiger partial charge is 0.495 e. The van der Waals surface area contributed by atoms with E-state index in [-0.39, 0.29) is 46.9 Å². The Morgan fingerprint density at radius 1 is 1.04 bits per heavy atom. The third kappa shape index (κ3) is 3.73. The summed E-state index contributed by atoms with van der Waals surface area (Å²) in [6.45, 7) is 3.95. The van der Waals surface area contributed by atoms with Crippen LogP contribution in [0.1, 0.15) is 38.2 Å². The summed E-state index contributed by atoms with van der Waals surface area (Å²) in [6.07, 6.45) is 0.192. The van der Waals surface area contributed by atoms with E-state index in [1.54, 1.807) is 12.1 Å². The third-order valence-electron chi connectivity index (χ3n) is 4.58. The molecule has 0 atom stereocenters. The maximum Gasteiger partial charge on any atom is 0.261 e. The molecule has 1 fully saturated rings. The van der Waals surface area contributed by atoms with E-state index in [4.69, 9.17) is 4.74 Å². The number of para-hydroxylation sites is 1. The van der Waals surface area contributed by atoms with Crippen molar-refractivity contribution < 1.29 is 22.7 Å². The third-order valence-corrected chi connectivity index (χ3v) is 5.94. The summed E-state index contributed by atoms with van der Waals surface area (Å²) in [5.74, 6) is -0.373. The molecule has 1 saturated heterocycles. The molecule has 2 amide bonds. The molecule has 0 aliphatic carbocycles. The fourth-order valence-corrected chi connectivity index (χ4v) is 4.26. The Kier molecular flexibility index (Phi) is 5.42. The van der Waals surface area contributed by atoms with Gasteiger partial charge >= 0.3 is 0 Å². The van der Waals surface area contributed by atoms with Crippen LogP contribution in [0.15, 0.2) is 47.4 Å². The van der Waals surface area contributed by atoms with Crippen LogP contribution in [-0.4, -0.2) is 27.3 Å². The lowest BCUT2D eigenvalue weighted by Crippen LogP contribution is -2.29. The monoisotopic (exact) mass is 402 g/mol. The second-order valence-electron chi connectivity index (χ2n) is 6.80. The standard InChI is InChI=1S/C20H22N2O5S/c1-13(2)15-6-4-5-7-16(15)21-28(25,26)14-8-9-18(27-3)17(12-14)22-19(23)10-11-20(22)24/h4-9,12-13,21H,10-11H2,1-3H3. The minimum atomic E-state index is -3.94. The Hall–Kier alpha value is -2.87. The Bertz CT molecular complexity index is 1010. The lowest BCUT2D eigenvalue weighted by atomic mass is 10.0. The van der Waals surface area contributed by atoms with Gasteiger partial charge in [-0.2, -0.15) is 0 Å². The number of benzene rings is 2. The number of imide groups is 1. The molecule has 1 N–H and O–H groups in total. The van der Waals surface area contributed by atoms with Gasteiger partial charge in [0.15, 0.2) is 0 Å². The first kappa shape index (κ1) is 19.9. The van der Waals surface area contributed by atoms with Crippen molar-refractivity contribution in [3.63, 3.8) is 0 Å². The lowest BCUT2D eigenvalue weighted by molar-refractivity contribution is -0.121. The number of nitrogens with zero attached hydrogens (tertiary/aromatic N) is 1. The highest BCUT2D eigenvalue weighted by atomic mass is 32.2. The molecule has 1 aliphatic heterocycles. The number of anilines is 2. The zero-order valence-corrected chi connectivity index (χ0v) is 16.7. The highest BCUT2D eigenvalue weighted by molar-refractivity contribution is 7.92. The summed E-state index contributed by atoms with van der Waals surface area (Å²) in [4.78, 5) is 25.1. The molecule has 0 aromatic heterocycles. The van der Waals surface area contributed by atoms with Gasteiger partial charge in [-0.1, -0.05) is 32.0 Å². The second kappa shape index (κ2) is 7.63. The average molecular weight is 402 g/mol. The number of carbonyl (C=O) groups excluding carboxylic acids is 2. The SMILES string of the molecule is COc1ccc(S(=O)(=O)Nc2ccccc2C(C)C)cc1N1C(=O)CCC1=O. The molecule has 0 radical (unpaired) electrons. The quantitative estimate of drug-likeness (QED) is 0.749. The van der Waals surface area contributed by atoms with Gasteiger partial charge in [0.1, 0.15) is 5.75 Å². The number of amides is 2. The molecule has 2 aromatic rings.